The fraction of sp³-hybridized carbons (Fsp3) is 0.320. The summed E-state index contributed by atoms with van der Waals surface area (Å²) in [5.41, 5.74) is 0.849. The molecular formula is C25H26ClN3O6. The number of carbonyl (C=O) groups excluding carboxylic acids is 5. The van der Waals surface area contributed by atoms with E-state index < -0.39 is 48.2 Å². The van der Waals surface area contributed by atoms with Crippen molar-refractivity contribution in [1.29, 1.82) is 0 Å². The summed E-state index contributed by atoms with van der Waals surface area (Å²) >= 11 is 6.02. The van der Waals surface area contributed by atoms with Gasteiger partial charge in [0.15, 0.2) is 6.61 Å². The quantitative estimate of drug-likeness (QED) is 0.419. The molecule has 0 radical (unpaired) electrons. The summed E-state index contributed by atoms with van der Waals surface area (Å²) in [6.45, 7) is 2.60. The number of carbonyl (C=O) groups is 5. The van der Waals surface area contributed by atoms with E-state index in [-0.39, 0.29) is 17.7 Å². The van der Waals surface area contributed by atoms with Crippen molar-refractivity contribution in [2.24, 2.45) is 5.92 Å². The van der Waals surface area contributed by atoms with Crippen LogP contribution in [0, 0.1) is 5.92 Å². The van der Waals surface area contributed by atoms with Gasteiger partial charge in [-0.3, -0.25) is 24.1 Å². The van der Waals surface area contributed by atoms with Crippen LogP contribution < -0.4 is 5.32 Å². The number of ether oxygens (including phenoxy) is 1. The lowest BCUT2D eigenvalue weighted by Gasteiger charge is -2.29. The second-order valence-electron chi connectivity index (χ2n) is 8.24. The Morgan fingerprint density at radius 2 is 1.60 bits per heavy atom. The monoisotopic (exact) mass is 499 g/mol. The van der Waals surface area contributed by atoms with Crippen LogP contribution in [0.25, 0.3) is 0 Å². The molecule has 1 N–H and O–H groups in total. The number of benzene rings is 2. The minimum atomic E-state index is -1.19. The zero-order chi connectivity index (χ0) is 25.7. The zero-order valence-electron chi connectivity index (χ0n) is 19.6. The maximum atomic E-state index is 13.0. The molecule has 9 nitrogen and oxygen atoms in total. The maximum Gasteiger partial charge on any atom is 0.330 e. The number of imide groups is 1. The normalized spacial score (nSPS) is 14.2. The summed E-state index contributed by atoms with van der Waals surface area (Å²) in [5, 5.41) is 2.96. The molecule has 1 aliphatic heterocycles. The van der Waals surface area contributed by atoms with Crippen LogP contribution in [0.5, 0.6) is 0 Å². The van der Waals surface area contributed by atoms with Crippen LogP contribution in [-0.2, 0) is 19.1 Å². The van der Waals surface area contributed by atoms with Crippen LogP contribution in [0.3, 0.4) is 0 Å². The fourth-order valence-corrected chi connectivity index (χ4v) is 3.84. The molecule has 2 aromatic carbocycles. The molecule has 0 bridgehead atoms. The van der Waals surface area contributed by atoms with Gasteiger partial charge >= 0.3 is 5.97 Å². The van der Waals surface area contributed by atoms with Gasteiger partial charge in [-0.05, 0) is 30.2 Å². The second-order valence-corrected chi connectivity index (χ2v) is 8.65. The third kappa shape index (κ3) is 5.68. The lowest BCUT2D eigenvalue weighted by molar-refractivity contribution is -0.156. The average Bonchev–Trinajstić information content (AvgIpc) is 3.09. The first-order chi connectivity index (χ1) is 16.6. The highest BCUT2D eigenvalue weighted by molar-refractivity contribution is 6.33. The maximum absolute atomic E-state index is 13.0. The number of fused-ring (bicyclic) bond motifs is 1. The molecule has 0 saturated heterocycles. The highest BCUT2D eigenvalue weighted by Gasteiger charge is 2.45. The largest absolute Gasteiger partial charge is 0.454 e. The van der Waals surface area contributed by atoms with Crippen LogP contribution in [0.2, 0.25) is 5.02 Å². The fourth-order valence-electron chi connectivity index (χ4n) is 3.66. The zero-order valence-corrected chi connectivity index (χ0v) is 20.4. The predicted octanol–water partition coefficient (Wildman–Crippen LogP) is 2.99. The van der Waals surface area contributed by atoms with Crippen LogP contribution in [0.1, 0.15) is 41.0 Å². The Labute approximate surface area is 208 Å². The molecule has 1 aliphatic rings. The number of amides is 4. The minimum Gasteiger partial charge on any atom is -0.454 e. The molecule has 0 unspecified atom stereocenters. The van der Waals surface area contributed by atoms with E-state index in [1.54, 1.807) is 43.3 Å². The lowest BCUT2D eigenvalue weighted by atomic mass is 9.97. The topological polar surface area (TPSA) is 113 Å². The van der Waals surface area contributed by atoms with E-state index >= 15 is 0 Å². The molecule has 0 fully saturated rings. The number of para-hydroxylation sites is 1. The predicted molar refractivity (Wildman–Crippen MR) is 129 cm³/mol. The summed E-state index contributed by atoms with van der Waals surface area (Å²) in [4.78, 5) is 65.5. The molecule has 0 aromatic heterocycles. The van der Waals surface area contributed by atoms with E-state index in [1.807, 2.05) is 6.92 Å². The summed E-state index contributed by atoms with van der Waals surface area (Å²) in [6.07, 6.45) is 0.489. The third-order valence-electron chi connectivity index (χ3n) is 5.82. The SMILES string of the molecule is CC[C@H](C)[C@@H](C(=O)OCC(=O)N(C)CC(=O)Nc1ccccc1Cl)N1C(=O)c2ccccc2C1=O. The summed E-state index contributed by atoms with van der Waals surface area (Å²) < 4.78 is 5.21. The van der Waals surface area contributed by atoms with E-state index in [0.717, 1.165) is 9.80 Å². The van der Waals surface area contributed by atoms with Gasteiger partial charge in [0.25, 0.3) is 17.7 Å². The van der Waals surface area contributed by atoms with Gasteiger partial charge in [0.05, 0.1) is 28.4 Å². The number of likely N-dealkylation sites (N-methyl/N-ethyl adjacent to an activating group) is 1. The van der Waals surface area contributed by atoms with Crippen molar-refractivity contribution in [3.8, 4) is 0 Å². The number of halogens is 1. The Kier molecular flexibility index (Phi) is 8.24. The molecule has 4 amide bonds. The van der Waals surface area contributed by atoms with Crippen molar-refractivity contribution in [2.45, 2.75) is 26.3 Å². The van der Waals surface area contributed by atoms with Crippen LogP contribution >= 0.6 is 11.6 Å². The molecule has 0 saturated carbocycles. The summed E-state index contributed by atoms with van der Waals surface area (Å²) in [5.74, 6) is -3.53. The number of hydrogen-bond acceptors (Lipinski definition) is 6. The number of nitrogens with zero attached hydrogens (tertiary/aromatic N) is 2. The Balaban J connectivity index is 1.62. The average molecular weight is 500 g/mol. The molecule has 2 atom stereocenters. The molecule has 3 rings (SSSR count). The molecule has 1 heterocycles. The smallest absolute Gasteiger partial charge is 0.330 e. The molecule has 2 aromatic rings. The first kappa shape index (κ1) is 25.9. The van der Waals surface area contributed by atoms with Crippen LogP contribution in [0.15, 0.2) is 48.5 Å². The molecular weight excluding hydrogens is 474 g/mol. The van der Waals surface area contributed by atoms with E-state index in [1.165, 1.54) is 19.2 Å². The highest BCUT2D eigenvalue weighted by atomic mass is 35.5. The Hall–Kier alpha value is -3.72. The van der Waals surface area contributed by atoms with Crippen molar-refractivity contribution >= 4 is 46.9 Å². The number of hydrogen-bond donors (Lipinski definition) is 1. The van der Waals surface area contributed by atoms with Gasteiger partial charge in [-0.15, -0.1) is 0 Å². The number of rotatable bonds is 9. The molecule has 0 spiro atoms. The number of esters is 1. The Morgan fingerprint density at radius 3 is 2.17 bits per heavy atom. The standard InChI is InChI=1S/C25H26ClN3O6/c1-4-15(2)22(29-23(32)16-9-5-6-10-17(16)24(29)33)25(34)35-14-21(31)28(3)13-20(30)27-19-12-8-7-11-18(19)26/h5-12,15,22H,4,13-14H2,1-3H3,(H,27,30)/t15-,22-/m0/s1. The van der Waals surface area contributed by atoms with Crippen molar-refractivity contribution < 1.29 is 28.7 Å². The lowest BCUT2D eigenvalue weighted by Crippen LogP contribution is -2.50. The van der Waals surface area contributed by atoms with Crippen molar-refractivity contribution in [1.82, 2.24) is 9.80 Å². The molecule has 35 heavy (non-hydrogen) atoms. The van der Waals surface area contributed by atoms with E-state index in [4.69, 9.17) is 16.3 Å². The van der Waals surface area contributed by atoms with Crippen molar-refractivity contribution in [2.75, 3.05) is 25.5 Å². The van der Waals surface area contributed by atoms with Gasteiger partial charge < -0.3 is 15.0 Å². The Bertz CT molecular complexity index is 1130. The van der Waals surface area contributed by atoms with E-state index in [9.17, 15) is 24.0 Å². The molecule has 184 valence electrons. The van der Waals surface area contributed by atoms with Crippen molar-refractivity contribution in [3.05, 3.63) is 64.7 Å². The van der Waals surface area contributed by atoms with Crippen molar-refractivity contribution in [3.63, 3.8) is 0 Å². The third-order valence-corrected chi connectivity index (χ3v) is 6.15. The Morgan fingerprint density at radius 1 is 1.03 bits per heavy atom. The van der Waals surface area contributed by atoms with Gasteiger partial charge in [-0.1, -0.05) is 56.1 Å². The van der Waals surface area contributed by atoms with E-state index in [0.29, 0.717) is 17.1 Å². The first-order valence-electron chi connectivity index (χ1n) is 11.1. The van der Waals surface area contributed by atoms with Gasteiger partial charge in [0.1, 0.15) is 6.04 Å². The second kappa shape index (κ2) is 11.1. The minimum absolute atomic E-state index is 0.221. The van der Waals surface area contributed by atoms with Gasteiger partial charge in [-0.25, -0.2) is 4.79 Å². The van der Waals surface area contributed by atoms with E-state index in [2.05, 4.69) is 5.32 Å². The van der Waals surface area contributed by atoms with Gasteiger partial charge in [0.2, 0.25) is 5.91 Å². The molecule has 0 aliphatic carbocycles. The number of nitrogens with one attached hydrogen (secondary N) is 1. The van der Waals surface area contributed by atoms with Gasteiger partial charge in [0, 0.05) is 7.05 Å². The molecule has 10 heteroatoms. The summed E-state index contributed by atoms with van der Waals surface area (Å²) in [7, 11) is 1.39. The van der Waals surface area contributed by atoms with Gasteiger partial charge in [-0.2, -0.15) is 0 Å². The first-order valence-corrected chi connectivity index (χ1v) is 11.4. The number of anilines is 1. The highest BCUT2D eigenvalue weighted by Crippen LogP contribution is 2.28. The van der Waals surface area contributed by atoms with Crippen LogP contribution in [-0.4, -0.2) is 65.6 Å². The summed E-state index contributed by atoms with van der Waals surface area (Å²) in [6, 6.07) is 11.8. The van der Waals surface area contributed by atoms with Crippen LogP contribution in [0.4, 0.5) is 5.69 Å².